The average Bonchev–Trinajstić information content (AvgIpc) is 2.48. The van der Waals surface area contributed by atoms with Crippen LogP contribution < -0.4 is 11.1 Å². The highest BCUT2D eigenvalue weighted by Crippen LogP contribution is 2.24. The molecule has 0 aliphatic carbocycles. The molecule has 110 valence electrons. The summed E-state index contributed by atoms with van der Waals surface area (Å²) in [5, 5.41) is 3.96. The Balaban J connectivity index is 2.16. The van der Waals surface area contributed by atoms with Gasteiger partial charge in [0.2, 0.25) is 0 Å². The lowest BCUT2D eigenvalue weighted by molar-refractivity contribution is 0.795. The van der Waals surface area contributed by atoms with E-state index in [-0.39, 0.29) is 0 Å². The Morgan fingerprint density at radius 3 is 2.52 bits per heavy atom. The molecule has 0 unspecified atom stereocenters. The maximum absolute atomic E-state index is 5.99. The van der Waals surface area contributed by atoms with Crippen molar-refractivity contribution in [1.82, 2.24) is 0 Å². The first-order valence-electron chi connectivity index (χ1n) is 7.05. The zero-order chi connectivity index (χ0) is 15.2. The molecule has 0 aliphatic heterocycles. The molecule has 0 bridgehead atoms. The van der Waals surface area contributed by atoms with E-state index in [0.717, 1.165) is 23.4 Å². The Bertz CT molecular complexity index is 623. The summed E-state index contributed by atoms with van der Waals surface area (Å²) in [7, 11) is 0. The smallest absolute Gasteiger partial charge is 0.106 e. The van der Waals surface area contributed by atoms with E-state index in [4.69, 9.17) is 29.6 Å². The monoisotopic (exact) mass is 318 g/mol. The number of hydrogen-bond donors (Lipinski definition) is 2. The number of nitrogens with two attached hydrogens (primary N) is 1. The van der Waals surface area contributed by atoms with Gasteiger partial charge in [-0.1, -0.05) is 49.3 Å². The lowest BCUT2D eigenvalue weighted by atomic mass is 10.1. The highest BCUT2D eigenvalue weighted by Gasteiger charge is 2.06. The first-order chi connectivity index (χ1) is 10.1. The van der Waals surface area contributed by atoms with Crippen LogP contribution in [-0.2, 0) is 6.42 Å². The predicted molar refractivity (Wildman–Crippen MR) is 95.7 cm³/mol. The van der Waals surface area contributed by atoms with Crippen molar-refractivity contribution in [3.8, 4) is 0 Å². The van der Waals surface area contributed by atoms with Gasteiger partial charge in [0, 0.05) is 22.0 Å². The number of nitrogens with one attached hydrogen (secondary N) is 1. The molecule has 0 spiro atoms. The van der Waals surface area contributed by atoms with E-state index in [2.05, 4.69) is 36.5 Å². The van der Waals surface area contributed by atoms with Crippen molar-refractivity contribution in [3.63, 3.8) is 0 Å². The molecule has 2 aromatic rings. The topological polar surface area (TPSA) is 38.0 Å². The lowest BCUT2D eigenvalue weighted by Gasteiger charge is -2.12. The molecule has 0 saturated heterocycles. The highest BCUT2D eigenvalue weighted by molar-refractivity contribution is 7.80. The second kappa shape index (κ2) is 7.43. The van der Waals surface area contributed by atoms with Crippen molar-refractivity contribution < 1.29 is 0 Å². The molecular weight excluding hydrogens is 300 g/mol. The Labute approximate surface area is 136 Å². The van der Waals surface area contributed by atoms with Gasteiger partial charge in [-0.2, -0.15) is 0 Å². The standard InChI is InChI=1S/C17H19ClN2S/c1-2-3-4-12-5-8-14(9-6-12)20-16-10-7-13(18)11-15(16)17(19)21/h5-11,20H,2-4H2,1H3,(H2,19,21). The first-order valence-corrected chi connectivity index (χ1v) is 7.84. The van der Waals surface area contributed by atoms with Crippen molar-refractivity contribution in [2.45, 2.75) is 26.2 Å². The molecule has 3 N–H and O–H groups in total. The van der Waals surface area contributed by atoms with Crippen LogP contribution in [0.4, 0.5) is 11.4 Å². The normalized spacial score (nSPS) is 10.4. The predicted octanol–water partition coefficient (Wildman–Crippen LogP) is 5.06. The average molecular weight is 319 g/mol. The summed E-state index contributed by atoms with van der Waals surface area (Å²) in [5.74, 6) is 0. The van der Waals surface area contributed by atoms with Gasteiger partial charge in [-0.15, -0.1) is 0 Å². The summed E-state index contributed by atoms with van der Waals surface area (Å²) < 4.78 is 0. The number of thiocarbonyl (C=S) groups is 1. The summed E-state index contributed by atoms with van der Waals surface area (Å²) in [5.41, 5.74) is 9.74. The number of hydrogen-bond acceptors (Lipinski definition) is 2. The lowest BCUT2D eigenvalue weighted by Crippen LogP contribution is -2.11. The van der Waals surface area contributed by atoms with Crippen LogP contribution in [0.25, 0.3) is 0 Å². The molecule has 2 nitrogen and oxygen atoms in total. The van der Waals surface area contributed by atoms with Crippen LogP contribution in [0.5, 0.6) is 0 Å². The van der Waals surface area contributed by atoms with Gasteiger partial charge in [0.1, 0.15) is 4.99 Å². The summed E-state index contributed by atoms with van der Waals surface area (Å²) in [6, 6.07) is 13.9. The number of anilines is 2. The fourth-order valence-corrected chi connectivity index (χ4v) is 2.46. The van der Waals surface area contributed by atoms with E-state index in [9.17, 15) is 0 Å². The molecule has 0 atom stereocenters. The van der Waals surface area contributed by atoms with E-state index >= 15 is 0 Å². The van der Waals surface area contributed by atoms with Gasteiger partial charge in [-0.25, -0.2) is 0 Å². The van der Waals surface area contributed by atoms with E-state index in [1.54, 1.807) is 6.07 Å². The maximum Gasteiger partial charge on any atom is 0.106 e. The quantitative estimate of drug-likeness (QED) is 0.731. The van der Waals surface area contributed by atoms with Crippen LogP contribution in [0, 0.1) is 0 Å². The minimum atomic E-state index is 0.333. The third-order valence-electron chi connectivity index (χ3n) is 3.30. The molecule has 0 aliphatic rings. The Morgan fingerprint density at radius 1 is 1.19 bits per heavy atom. The summed E-state index contributed by atoms with van der Waals surface area (Å²) >= 11 is 11.1. The highest BCUT2D eigenvalue weighted by atomic mass is 35.5. The number of rotatable bonds is 6. The van der Waals surface area contributed by atoms with Crippen molar-refractivity contribution >= 4 is 40.2 Å². The Morgan fingerprint density at radius 2 is 1.90 bits per heavy atom. The Kier molecular flexibility index (Phi) is 5.59. The van der Waals surface area contributed by atoms with Gasteiger partial charge < -0.3 is 11.1 Å². The van der Waals surface area contributed by atoms with Gasteiger partial charge in [0.15, 0.2) is 0 Å². The third-order valence-corrected chi connectivity index (χ3v) is 3.75. The SMILES string of the molecule is CCCCc1ccc(Nc2ccc(Cl)cc2C(N)=S)cc1. The van der Waals surface area contributed by atoms with Crippen molar-refractivity contribution in [3.05, 3.63) is 58.6 Å². The fraction of sp³-hybridized carbons (Fsp3) is 0.235. The zero-order valence-electron chi connectivity index (χ0n) is 12.0. The molecule has 0 heterocycles. The summed E-state index contributed by atoms with van der Waals surface area (Å²) in [4.78, 5) is 0.333. The van der Waals surface area contributed by atoms with Crippen LogP contribution >= 0.6 is 23.8 Å². The molecule has 4 heteroatoms. The van der Waals surface area contributed by atoms with E-state index < -0.39 is 0 Å². The van der Waals surface area contributed by atoms with Crippen LogP contribution in [0.2, 0.25) is 5.02 Å². The second-order valence-electron chi connectivity index (χ2n) is 4.98. The number of aryl methyl sites for hydroxylation is 1. The molecular formula is C17H19ClN2S. The molecule has 0 radical (unpaired) electrons. The second-order valence-corrected chi connectivity index (χ2v) is 5.86. The van der Waals surface area contributed by atoms with Crippen LogP contribution in [-0.4, -0.2) is 4.99 Å². The largest absolute Gasteiger partial charge is 0.389 e. The minimum absolute atomic E-state index is 0.333. The van der Waals surface area contributed by atoms with Crippen molar-refractivity contribution in [1.29, 1.82) is 0 Å². The van der Waals surface area contributed by atoms with Gasteiger partial charge in [-0.05, 0) is 48.7 Å². The van der Waals surface area contributed by atoms with Gasteiger partial charge in [-0.3, -0.25) is 0 Å². The van der Waals surface area contributed by atoms with Crippen molar-refractivity contribution in [2.75, 3.05) is 5.32 Å². The van der Waals surface area contributed by atoms with Crippen LogP contribution in [0.15, 0.2) is 42.5 Å². The number of unbranched alkanes of at least 4 members (excludes halogenated alkanes) is 1. The molecule has 2 aromatic carbocycles. The van der Waals surface area contributed by atoms with Crippen molar-refractivity contribution in [2.24, 2.45) is 5.73 Å². The fourth-order valence-electron chi connectivity index (χ4n) is 2.12. The molecule has 2 rings (SSSR count). The number of halogens is 1. The molecule has 0 fully saturated rings. The number of benzene rings is 2. The van der Waals surface area contributed by atoms with Crippen LogP contribution in [0.1, 0.15) is 30.9 Å². The summed E-state index contributed by atoms with van der Waals surface area (Å²) in [6.45, 7) is 2.20. The van der Waals surface area contributed by atoms with E-state index in [1.165, 1.54) is 18.4 Å². The summed E-state index contributed by atoms with van der Waals surface area (Å²) in [6.07, 6.45) is 3.55. The molecule has 0 amide bonds. The first kappa shape index (κ1) is 15.8. The van der Waals surface area contributed by atoms with Gasteiger partial charge in [0.25, 0.3) is 0 Å². The maximum atomic E-state index is 5.99. The van der Waals surface area contributed by atoms with E-state index in [1.807, 2.05) is 12.1 Å². The van der Waals surface area contributed by atoms with Crippen LogP contribution in [0.3, 0.4) is 0 Å². The van der Waals surface area contributed by atoms with Gasteiger partial charge >= 0.3 is 0 Å². The zero-order valence-corrected chi connectivity index (χ0v) is 13.6. The molecule has 0 aromatic heterocycles. The molecule has 0 saturated carbocycles. The molecule has 21 heavy (non-hydrogen) atoms. The third kappa shape index (κ3) is 4.45. The Hall–Kier alpha value is -1.58. The minimum Gasteiger partial charge on any atom is -0.389 e. The van der Waals surface area contributed by atoms with Gasteiger partial charge in [0.05, 0.1) is 0 Å². The van der Waals surface area contributed by atoms with E-state index in [0.29, 0.717) is 10.0 Å².